The normalized spacial score (nSPS) is 10.1. The molecule has 2 rings (SSSR count). The molecule has 0 aliphatic heterocycles. The van der Waals surface area contributed by atoms with Crippen LogP contribution in [-0.2, 0) is 0 Å². The van der Waals surface area contributed by atoms with E-state index in [1.54, 1.807) is 6.92 Å². The highest BCUT2D eigenvalue weighted by Gasteiger charge is 2.18. The van der Waals surface area contributed by atoms with Gasteiger partial charge in [0.15, 0.2) is 0 Å². The molecule has 0 aliphatic rings. The monoisotopic (exact) mass is 306 g/mol. The van der Waals surface area contributed by atoms with Gasteiger partial charge in [-0.2, -0.15) is 0 Å². The molecule has 0 spiro atoms. The van der Waals surface area contributed by atoms with E-state index < -0.39 is 16.8 Å². The van der Waals surface area contributed by atoms with Crippen molar-refractivity contribution in [1.29, 1.82) is 0 Å². The minimum Gasteiger partial charge on any atom is -0.478 e. The van der Waals surface area contributed by atoms with Crippen LogP contribution in [0.15, 0.2) is 29.6 Å². The third-order valence-electron chi connectivity index (χ3n) is 2.79. The average molecular weight is 306 g/mol. The van der Waals surface area contributed by atoms with E-state index in [0.29, 0.717) is 5.56 Å². The number of benzene rings is 1. The maximum atomic E-state index is 12.1. The number of rotatable bonds is 4. The van der Waals surface area contributed by atoms with Crippen LogP contribution in [0.25, 0.3) is 0 Å². The average Bonchev–Trinajstić information content (AvgIpc) is 2.87. The SMILES string of the molecule is Cc1ccc(C(=O)Nc2sccc2C(=O)O)cc1[N+](=O)[O-]. The van der Waals surface area contributed by atoms with Gasteiger partial charge in [-0.1, -0.05) is 6.07 Å². The van der Waals surface area contributed by atoms with Crippen LogP contribution in [0, 0.1) is 17.0 Å². The number of hydrogen-bond donors (Lipinski definition) is 2. The van der Waals surface area contributed by atoms with Gasteiger partial charge in [0.1, 0.15) is 5.00 Å². The van der Waals surface area contributed by atoms with Gasteiger partial charge >= 0.3 is 5.97 Å². The molecular formula is C13H10N2O5S. The second-order valence-corrected chi connectivity index (χ2v) is 5.10. The Kier molecular flexibility index (Phi) is 3.99. The third kappa shape index (κ3) is 3.06. The number of carbonyl (C=O) groups excluding carboxylic acids is 1. The smallest absolute Gasteiger partial charge is 0.338 e. The summed E-state index contributed by atoms with van der Waals surface area (Å²) < 4.78 is 0. The number of carbonyl (C=O) groups is 2. The minimum atomic E-state index is -1.15. The fourth-order valence-corrected chi connectivity index (χ4v) is 2.47. The maximum absolute atomic E-state index is 12.1. The first-order valence-corrected chi connectivity index (χ1v) is 6.65. The molecule has 2 N–H and O–H groups in total. The lowest BCUT2D eigenvalue weighted by atomic mass is 10.1. The number of thiophene rings is 1. The molecule has 1 amide bonds. The predicted octanol–water partition coefficient (Wildman–Crippen LogP) is 2.92. The lowest BCUT2D eigenvalue weighted by molar-refractivity contribution is -0.385. The number of aryl methyl sites for hydroxylation is 1. The molecule has 8 heteroatoms. The van der Waals surface area contributed by atoms with Crippen molar-refractivity contribution in [3.63, 3.8) is 0 Å². The first kappa shape index (κ1) is 14.7. The third-order valence-corrected chi connectivity index (χ3v) is 3.62. The summed E-state index contributed by atoms with van der Waals surface area (Å²) in [5.41, 5.74) is 0.359. The zero-order valence-corrected chi connectivity index (χ0v) is 11.6. The van der Waals surface area contributed by atoms with Crippen LogP contribution in [0.4, 0.5) is 10.7 Å². The van der Waals surface area contributed by atoms with Gasteiger partial charge in [0.05, 0.1) is 10.5 Å². The predicted molar refractivity (Wildman–Crippen MR) is 77.1 cm³/mol. The van der Waals surface area contributed by atoms with Crippen molar-refractivity contribution in [3.8, 4) is 0 Å². The molecule has 0 unspecified atom stereocenters. The van der Waals surface area contributed by atoms with Gasteiger partial charge in [0, 0.05) is 17.2 Å². The summed E-state index contributed by atoms with van der Waals surface area (Å²) in [6.07, 6.45) is 0. The van der Waals surface area contributed by atoms with Crippen molar-refractivity contribution in [1.82, 2.24) is 0 Å². The molecule has 0 saturated heterocycles. The standard InChI is InChI=1S/C13H10N2O5S/c1-7-2-3-8(6-10(7)15(19)20)11(16)14-12-9(13(17)18)4-5-21-12/h2-6H,1H3,(H,14,16)(H,17,18). The van der Waals surface area contributed by atoms with Crippen LogP contribution in [0.1, 0.15) is 26.3 Å². The Labute approximate surface area is 123 Å². The molecular weight excluding hydrogens is 296 g/mol. The van der Waals surface area contributed by atoms with Crippen LogP contribution in [0.2, 0.25) is 0 Å². The van der Waals surface area contributed by atoms with Crippen LogP contribution < -0.4 is 5.32 Å². The number of carboxylic acid groups (broad SMARTS) is 1. The van der Waals surface area contributed by atoms with Gasteiger partial charge in [-0.15, -0.1) is 11.3 Å². The van der Waals surface area contributed by atoms with E-state index in [0.717, 1.165) is 11.3 Å². The Morgan fingerprint density at radius 1 is 1.33 bits per heavy atom. The fourth-order valence-electron chi connectivity index (χ4n) is 1.70. The van der Waals surface area contributed by atoms with E-state index in [1.165, 1.54) is 29.6 Å². The number of amides is 1. The van der Waals surface area contributed by atoms with E-state index >= 15 is 0 Å². The molecule has 0 bridgehead atoms. The molecule has 0 saturated carbocycles. The zero-order valence-electron chi connectivity index (χ0n) is 10.8. The van der Waals surface area contributed by atoms with Gasteiger partial charge < -0.3 is 10.4 Å². The number of aromatic carboxylic acids is 1. The number of hydrogen-bond acceptors (Lipinski definition) is 5. The minimum absolute atomic E-state index is 0.0186. The second-order valence-electron chi connectivity index (χ2n) is 4.18. The van der Waals surface area contributed by atoms with Crippen LogP contribution in [0.3, 0.4) is 0 Å². The molecule has 1 heterocycles. The Morgan fingerprint density at radius 3 is 2.67 bits per heavy atom. The van der Waals surface area contributed by atoms with E-state index in [4.69, 9.17) is 5.11 Å². The van der Waals surface area contributed by atoms with Gasteiger partial charge in [0.2, 0.25) is 0 Å². The molecule has 0 atom stereocenters. The topological polar surface area (TPSA) is 110 Å². The summed E-state index contributed by atoms with van der Waals surface area (Å²) in [7, 11) is 0. The van der Waals surface area contributed by atoms with Gasteiger partial charge in [-0.25, -0.2) is 4.79 Å². The summed E-state index contributed by atoms with van der Waals surface area (Å²) in [6, 6.07) is 5.46. The zero-order chi connectivity index (χ0) is 15.6. The van der Waals surface area contributed by atoms with Crippen molar-refractivity contribution < 1.29 is 19.6 Å². The molecule has 0 aliphatic carbocycles. The molecule has 0 fully saturated rings. The van der Waals surface area contributed by atoms with Gasteiger partial charge in [-0.05, 0) is 24.4 Å². The summed E-state index contributed by atoms with van der Waals surface area (Å²) in [4.78, 5) is 33.3. The summed E-state index contributed by atoms with van der Waals surface area (Å²) in [5.74, 6) is -1.75. The van der Waals surface area contributed by atoms with Crippen LogP contribution in [-0.4, -0.2) is 21.9 Å². The largest absolute Gasteiger partial charge is 0.478 e. The lowest BCUT2D eigenvalue weighted by Crippen LogP contribution is -2.13. The Balaban J connectivity index is 2.29. The first-order chi connectivity index (χ1) is 9.90. The number of carboxylic acids is 1. The Bertz CT molecular complexity index is 738. The summed E-state index contributed by atoms with van der Waals surface area (Å²) in [6.45, 7) is 1.57. The second kappa shape index (κ2) is 5.71. The van der Waals surface area contributed by atoms with Crippen molar-refractivity contribution in [3.05, 3.63) is 56.5 Å². The first-order valence-electron chi connectivity index (χ1n) is 5.77. The van der Waals surface area contributed by atoms with E-state index in [-0.39, 0.29) is 21.8 Å². The number of nitro groups is 1. The van der Waals surface area contributed by atoms with Crippen LogP contribution in [0.5, 0.6) is 0 Å². The Hall–Kier alpha value is -2.74. The highest BCUT2D eigenvalue weighted by Crippen LogP contribution is 2.25. The number of nitrogens with one attached hydrogen (secondary N) is 1. The molecule has 0 radical (unpaired) electrons. The number of nitrogens with zero attached hydrogens (tertiary/aromatic N) is 1. The van der Waals surface area contributed by atoms with Crippen molar-refractivity contribution in [2.75, 3.05) is 5.32 Å². The maximum Gasteiger partial charge on any atom is 0.338 e. The highest BCUT2D eigenvalue weighted by atomic mass is 32.1. The van der Waals surface area contributed by atoms with E-state index in [9.17, 15) is 19.7 Å². The summed E-state index contributed by atoms with van der Waals surface area (Å²) >= 11 is 1.07. The summed E-state index contributed by atoms with van der Waals surface area (Å²) in [5, 5.41) is 24.0. The molecule has 2 aromatic rings. The molecule has 7 nitrogen and oxygen atoms in total. The molecule has 1 aromatic heterocycles. The number of nitro benzene ring substituents is 1. The Morgan fingerprint density at radius 2 is 2.05 bits per heavy atom. The van der Waals surface area contributed by atoms with Crippen molar-refractivity contribution >= 4 is 33.9 Å². The molecule has 108 valence electrons. The quantitative estimate of drug-likeness (QED) is 0.666. The van der Waals surface area contributed by atoms with Crippen molar-refractivity contribution in [2.24, 2.45) is 0 Å². The van der Waals surface area contributed by atoms with E-state index in [2.05, 4.69) is 5.32 Å². The highest BCUT2D eigenvalue weighted by molar-refractivity contribution is 7.14. The number of anilines is 1. The molecule has 1 aromatic carbocycles. The lowest BCUT2D eigenvalue weighted by Gasteiger charge is -2.05. The van der Waals surface area contributed by atoms with Gasteiger partial charge in [-0.3, -0.25) is 14.9 Å². The fraction of sp³-hybridized carbons (Fsp3) is 0.0769. The van der Waals surface area contributed by atoms with Gasteiger partial charge in [0.25, 0.3) is 11.6 Å². The van der Waals surface area contributed by atoms with Crippen LogP contribution >= 0.6 is 11.3 Å². The van der Waals surface area contributed by atoms with Crippen molar-refractivity contribution in [2.45, 2.75) is 6.92 Å². The molecule has 21 heavy (non-hydrogen) atoms. The van der Waals surface area contributed by atoms with E-state index in [1.807, 2.05) is 0 Å².